The first-order chi connectivity index (χ1) is 18.3. The van der Waals surface area contributed by atoms with Crippen molar-refractivity contribution in [2.45, 2.75) is 25.7 Å². The van der Waals surface area contributed by atoms with Gasteiger partial charge in [0.25, 0.3) is 0 Å². The van der Waals surface area contributed by atoms with E-state index >= 15 is 0 Å². The van der Waals surface area contributed by atoms with Gasteiger partial charge in [-0.15, -0.1) is 0 Å². The van der Waals surface area contributed by atoms with Crippen LogP contribution in [0.1, 0.15) is 22.3 Å². The monoisotopic (exact) mass is 478 g/mol. The fourth-order valence-corrected chi connectivity index (χ4v) is 6.22. The number of benzene rings is 1. The van der Waals surface area contributed by atoms with Crippen LogP contribution in [0.2, 0.25) is 0 Å². The summed E-state index contributed by atoms with van der Waals surface area (Å²) in [6.45, 7) is -0.180. The molecule has 0 amide bonds. The van der Waals surface area contributed by atoms with Gasteiger partial charge in [-0.05, 0) is 73.2 Å². The molecule has 0 saturated heterocycles. The van der Waals surface area contributed by atoms with Gasteiger partial charge in [-0.25, -0.2) is 0 Å². The first-order valence-electron chi connectivity index (χ1n) is 12.8. The van der Waals surface area contributed by atoms with E-state index < -0.39 is 0 Å². The molecule has 4 aromatic heterocycles. The van der Waals surface area contributed by atoms with Gasteiger partial charge in [-0.2, -0.15) is 0 Å². The van der Waals surface area contributed by atoms with Crippen molar-refractivity contribution in [1.29, 1.82) is 0 Å². The van der Waals surface area contributed by atoms with Crippen LogP contribution in [0.4, 0.5) is 0 Å². The van der Waals surface area contributed by atoms with Crippen molar-refractivity contribution in [3.63, 3.8) is 0 Å². The minimum absolute atomic E-state index is 0.180. The van der Waals surface area contributed by atoms with Crippen molar-refractivity contribution in [2.24, 2.45) is 0 Å². The molecule has 37 heavy (non-hydrogen) atoms. The molecule has 6 heterocycles. The van der Waals surface area contributed by atoms with Crippen LogP contribution in [0.15, 0.2) is 67.0 Å². The molecule has 0 bridgehead atoms. The fourth-order valence-electron chi connectivity index (χ4n) is 6.22. The van der Waals surface area contributed by atoms with Crippen LogP contribution in [-0.2, 0) is 25.7 Å². The van der Waals surface area contributed by atoms with Gasteiger partial charge in [0.05, 0.1) is 34.0 Å². The van der Waals surface area contributed by atoms with E-state index in [2.05, 4.69) is 9.97 Å². The molecule has 6 nitrogen and oxygen atoms in total. The number of hydrogen-bond acceptors (Lipinski definition) is 6. The number of nitrogens with zero attached hydrogens (tertiary/aromatic N) is 4. The summed E-state index contributed by atoms with van der Waals surface area (Å²) in [6, 6.07) is 18.0. The lowest BCUT2D eigenvalue weighted by Crippen LogP contribution is -2.60. The molecule has 0 fully saturated rings. The zero-order valence-corrected chi connectivity index (χ0v) is 19.9. The molecule has 0 saturated carbocycles. The number of hydrogen-bond donors (Lipinski definition) is 0. The maximum Gasteiger partial charge on any atom is 0.307 e. The fraction of sp³-hybridized carbons (Fsp3) is 0.133. The third kappa shape index (κ3) is 2.56. The van der Waals surface area contributed by atoms with E-state index in [4.69, 9.17) is 19.4 Å². The number of aromatic nitrogens is 4. The number of fused-ring (bicyclic) bond motifs is 8. The summed E-state index contributed by atoms with van der Waals surface area (Å²) >= 11 is 0. The lowest BCUT2D eigenvalue weighted by Gasteiger charge is -2.37. The van der Waals surface area contributed by atoms with Crippen LogP contribution < -0.4 is 26.1 Å². The lowest BCUT2D eigenvalue weighted by molar-refractivity contribution is 0.450. The van der Waals surface area contributed by atoms with Crippen LogP contribution in [0.5, 0.6) is 23.0 Å². The van der Waals surface area contributed by atoms with Gasteiger partial charge >= 0.3 is 6.71 Å². The Hall–Kier alpha value is -4.52. The largest absolute Gasteiger partial charge is 0.456 e. The summed E-state index contributed by atoms with van der Waals surface area (Å²) in [7, 11) is 0. The predicted octanol–water partition coefficient (Wildman–Crippen LogP) is 3.53. The van der Waals surface area contributed by atoms with Crippen LogP contribution in [0.25, 0.3) is 22.8 Å². The van der Waals surface area contributed by atoms with E-state index in [-0.39, 0.29) is 6.71 Å². The highest BCUT2D eigenvalue weighted by Crippen LogP contribution is 2.44. The van der Waals surface area contributed by atoms with E-state index in [9.17, 15) is 0 Å². The Labute approximate surface area is 213 Å². The second kappa shape index (κ2) is 7.04. The van der Waals surface area contributed by atoms with Gasteiger partial charge in [0.2, 0.25) is 0 Å². The van der Waals surface area contributed by atoms with Crippen LogP contribution in [-0.4, -0.2) is 26.6 Å². The maximum absolute atomic E-state index is 6.57. The van der Waals surface area contributed by atoms with Crippen molar-refractivity contribution in [3.8, 4) is 45.8 Å². The third-order valence-corrected chi connectivity index (χ3v) is 8.13. The van der Waals surface area contributed by atoms with Gasteiger partial charge < -0.3 is 9.47 Å². The second-order valence-corrected chi connectivity index (χ2v) is 10.00. The Morgan fingerprint density at radius 3 is 1.51 bits per heavy atom. The van der Waals surface area contributed by atoms with Crippen molar-refractivity contribution >= 4 is 23.4 Å². The van der Waals surface area contributed by atoms with Crippen molar-refractivity contribution < 1.29 is 9.47 Å². The SMILES string of the molecule is c1ccc(-c2nc3c(c4c2CC4)Oc2cccc4c2B3c2nc(-c3ccccn3)c3c(c2O4)CC3)nc1. The highest BCUT2D eigenvalue weighted by atomic mass is 16.5. The Morgan fingerprint density at radius 2 is 1.08 bits per heavy atom. The first kappa shape index (κ1) is 19.6. The molecule has 2 aliphatic carbocycles. The molecule has 9 rings (SSSR count). The van der Waals surface area contributed by atoms with E-state index in [0.29, 0.717) is 0 Å². The molecular weight excluding hydrogens is 459 g/mol. The normalized spacial score (nSPS) is 15.0. The molecule has 1 aromatic carbocycles. The molecule has 0 radical (unpaired) electrons. The Bertz CT molecular complexity index is 1660. The van der Waals surface area contributed by atoms with Crippen LogP contribution >= 0.6 is 0 Å². The quantitative estimate of drug-likeness (QED) is 0.354. The molecule has 0 N–H and O–H groups in total. The average Bonchev–Trinajstić information content (AvgIpc) is 2.89. The van der Waals surface area contributed by atoms with Crippen molar-refractivity contribution in [3.05, 3.63) is 89.2 Å². The molecule has 0 atom stereocenters. The molecule has 2 aliphatic heterocycles. The second-order valence-electron chi connectivity index (χ2n) is 10.00. The molecule has 0 spiro atoms. The number of pyridine rings is 4. The van der Waals surface area contributed by atoms with E-state index in [1.54, 1.807) is 0 Å². The summed E-state index contributed by atoms with van der Waals surface area (Å²) in [5.41, 5.74) is 11.5. The Kier molecular flexibility index (Phi) is 3.74. The van der Waals surface area contributed by atoms with Crippen LogP contribution in [0, 0.1) is 0 Å². The van der Waals surface area contributed by atoms with Crippen LogP contribution in [0.3, 0.4) is 0 Å². The summed E-state index contributed by atoms with van der Waals surface area (Å²) in [5.74, 6) is 3.41. The Morgan fingerprint density at radius 1 is 0.568 bits per heavy atom. The molecular formula is C30H19BN4O2. The summed E-state index contributed by atoms with van der Waals surface area (Å²) in [5, 5.41) is 0. The standard InChI is InChI=1S/C30H19BN4O2/c1-3-14-32-20(6-1)25-16-10-12-18(16)27-29(34-25)31-24-22(36-27)8-5-9-23(24)37-28-19-13-11-17(19)26(35-30(28)31)21-7-2-4-15-33-21/h1-9,14-15H,10-13H2. The van der Waals surface area contributed by atoms with Crippen molar-refractivity contribution in [2.75, 3.05) is 0 Å². The smallest absolute Gasteiger partial charge is 0.307 e. The van der Waals surface area contributed by atoms with Gasteiger partial charge in [-0.3, -0.25) is 19.9 Å². The van der Waals surface area contributed by atoms with Crippen molar-refractivity contribution in [1.82, 2.24) is 19.9 Å². The van der Waals surface area contributed by atoms with Gasteiger partial charge in [0.1, 0.15) is 23.0 Å². The minimum Gasteiger partial charge on any atom is -0.456 e. The average molecular weight is 478 g/mol. The zero-order valence-electron chi connectivity index (χ0n) is 19.9. The van der Waals surface area contributed by atoms with Gasteiger partial charge in [0, 0.05) is 29.0 Å². The highest BCUT2D eigenvalue weighted by Gasteiger charge is 2.47. The first-order valence-corrected chi connectivity index (χ1v) is 12.8. The van der Waals surface area contributed by atoms with Gasteiger partial charge in [0.15, 0.2) is 0 Å². The van der Waals surface area contributed by atoms with E-state index in [1.807, 2.05) is 67.0 Å². The third-order valence-electron chi connectivity index (χ3n) is 8.13. The highest BCUT2D eigenvalue weighted by molar-refractivity contribution is 6.97. The summed E-state index contributed by atoms with van der Waals surface area (Å²) < 4.78 is 13.1. The molecule has 7 heteroatoms. The zero-order chi connectivity index (χ0) is 24.1. The Balaban J connectivity index is 1.35. The maximum atomic E-state index is 6.57. The summed E-state index contributed by atoms with van der Waals surface area (Å²) in [4.78, 5) is 19.9. The molecule has 5 aromatic rings. The topological polar surface area (TPSA) is 70.0 Å². The minimum atomic E-state index is -0.180. The molecule has 0 unspecified atom stereocenters. The number of ether oxygens (including phenoxy) is 2. The molecule has 174 valence electrons. The summed E-state index contributed by atoms with van der Waals surface area (Å²) in [6.07, 6.45) is 7.57. The predicted molar refractivity (Wildman–Crippen MR) is 141 cm³/mol. The van der Waals surface area contributed by atoms with E-state index in [0.717, 1.165) is 88.1 Å². The lowest BCUT2D eigenvalue weighted by atomic mass is 9.37. The van der Waals surface area contributed by atoms with E-state index in [1.165, 1.54) is 22.3 Å². The number of rotatable bonds is 2. The van der Waals surface area contributed by atoms with Gasteiger partial charge in [-0.1, -0.05) is 18.2 Å². The molecule has 4 aliphatic rings.